The number of thiocarbonyl (C=S) groups is 1. The summed E-state index contributed by atoms with van der Waals surface area (Å²) < 4.78 is 5.28. The quantitative estimate of drug-likeness (QED) is 0.427. The van der Waals surface area contributed by atoms with Gasteiger partial charge in [0.05, 0.1) is 0 Å². The molecule has 134 valence electrons. The van der Waals surface area contributed by atoms with Crippen molar-refractivity contribution in [2.75, 3.05) is 6.61 Å². The van der Waals surface area contributed by atoms with Crippen molar-refractivity contribution in [3.63, 3.8) is 0 Å². The van der Waals surface area contributed by atoms with Gasteiger partial charge in [0, 0.05) is 6.08 Å². The minimum Gasteiger partial charge on any atom is -0.484 e. The van der Waals surface area contributed by atoms with Crippen molar-refractivity contribution in [1.82, 2.24) is 16.2 Å². The first-order valence-electron chi connectivity index (χ1n) is 7.85. The number of hydrogen-bond donors (Lipinski definition) is 3. The van der Waals surface area contributed by atoms with Crippen LogP contribution < -0.4 is 20.9 Å². The molecule has 0 aliphatic rings. The minimum absolute atomic E-state index is 0.0170. The first-order chi connectivity index (χ1) is 12.5. The van der Waals surface area contributed by atoms with Crippen LogP contribution in [0, 0.1) is 6.92 Å². The Morgan fingerprint density at radius 2 is 1.73 bits per heavy atom. The number of carbonyl (C=O) groups excluding carboxylic acids is 2. The highest BCUT2D eigenvalue weighted by Gasteiger charge is 2.05. The molecule has 0 atom stereocenters. The first kappa shape index (κ1) is 19.1. The first-order valence-corrected chi connectivity index (χ1v) is 8.26. The average molecular weight is 369 g/mol. The fourth-order valence-corrected chi connectivity index (χ4v) is 2.01. The SMILES string of the molecule is Cc1ccc(/C=C/C(=O)NC(=S)NNC(=O)COc2ccccc2)cc1. The number of benzene rings is 2. The van der Waals surface area contributed by atoms with Crippen molar-refractivity contribution in [2.45, 2.75) is 6.92 Å². The van der Waals surface area contributed by atoms with Crippen molar-refractivity contribution in [3.8, 4) is 5.75 Å². The maximum atomic E-state index is 11.8. The molecule has 6 nitrogen and oxygen atoms in total. The maximum absolute atomic E-state index is 11.8. The Labute approximate surface area is 157 Å². The zero-order valence-corrected chi connectivity index (χ0v) is 15.0. The Balaban J connectivity index is 1.68. The molecular formula is C19H19N3O3S. The summed E-state index contributed by atoms with van der Waals surface area (Å²) in [5.74, 6) is -0.252. The molecule has 0 fully saturated rings. The highest BCUT2D eigenvalue weighted by atomic mass is 32.1. The van der Waals surface area contributed by atoms with Gasteiger partial charge in [0.2, 0.25) is 5.91 Å². The van der Waals surface area contributed by atoms with E-state index in [0.717, 1.165) is 11.1 Å². The van der Waals surface area contributed by atoms with E-state index in [1.165, 1.54) is 6.08 Å². The van der Waals surface area contributed by atoms with E-state index in [4.69, 9.17) is 17.0 Å². The van der Waals surface area contributed by atoms with Crippen LogP contribution in [0.1, 0.15) is 11.1 Å². The van der Waals surface area contributed by atoms with Crippen LogP contribution in [0.3, 0.4) is 0 Å². The fraction of sp³-hybridized carbons (Fsp3) is 0.105. The van der Waals surface area contributed by atoms with Crippen LogP contribution in [0.4, 0.5) is 0 Å². The van der Waals surface area contributed by atoms with E-state index in [1.54, 1.807) is 30.3 Å². The summed E-state index contributed by atoms with van der Waals surface area (Å²) in [5, 5.41) is 2.41. The number of amides is 2. The van der Waals surface area contributed by atoms with Gasteiger partial charge in [0.25, 0.3) is 5.91 Å². The lowest BCUT2D eigenvalue weighted by Crippen LogP contribution is -2.49. The van der Waals surface area contributed by atoms with Gasteiger partial charge in [-0.15, -0.1) is 0 Å². The fourth-order valence-electron chi connectivity index (χ4n) is 1.86. The van der Waals surface area contributed by atoms with Gasteiger partial charge in [-0.1, -0.05) is 48.0 Å². The van der Waals surface area contributed by atoms with Gasteiger partial charge in [0.1, 0.15) is 5.75 Å². The summed E-state index contributed by atoms with van der Waals surface area (Å²) in [5.41, 5.74) is 6.83. The predicted octanol–water partition coefficient (Wildman–Crippen LogP) is 2.11. The van der Waals surface area contributed by atoms with E-state index < -0.39 is 11.8 Å². The standard InChI is InChI=1S/C19H19N3O3S/c1-14-7-9-15(10-8-14)11-12-17(23)20-19(26)22-21-18(24)13-25-16-5-3-2-4-6-16/h2-12H,13H2,1H3,(H,21,24)(H2,20,22,23,26)/b12-11+. The Morgan fingerprint density at radius 3 is 2.42 bits per heavy atom. The van der Waals surface area contributed by atoms with Crippen LogP contribution in [0.5, 0.6) is 5.75 Å². The summed E-state index contributed by atoms with van der Waals surface area (Å²) in [6.45, 7) is 1.81. The lowest BCUT2D eigenvalue weighted by molar-refractivity contribution is -0.123. The third-order valence-electron chi connectivity index (χ3n) is 3.17. The Bertz CT molecular complexity index is 789. The Hall–Kier alpha value is -3.19. The molecule has 0 radical (unpaired) electrons. The smallest absolute Gasteiger partial charge is 0.276 e. The van der Waals surface area contributed by atoms with Crippen LogP contribution in [0.25, 0.3) is 6.08 Å². The largest absolute Gasteiger partial charge is 0.484 e. The monoisotopic (exact) mass is 369 g/mol. The molecule has 0 spiro atoms. The van der Waals surface area contributed by atoms with Crippen LogP contribution in [0.2, 0.25) is 0 Å². The molecule has 0 unspecified atom stereocenters. The van der Waals surface area contributed by atoms with E-state index in [-0.39, 0.29) is 11.7 Å². The van der Waals surface area contributed by atoms with Gasteiger partial charge in [0.15, 0.2) is 11.7 Å². The maximum Gasteiger partial charge on any atom is 0.276 e. The summed E-state index contributed by atoms with van der Waals surface area (Å²) >= 11 is 4.94. The molecule has 0 saturated heterocycles. The zero-order valence-electron chi connectivity index (χ0n) is 14.2. The molecule has 0 aromatic heterocycles. The van der Waals surface area contributed by atoms with Crippen LogP contribution >= 0.6 is 12.2 Å². The molecule has 0 heterocycles. The molecule has 2 aromatic carbocycles. The molecule has 0 saturated carbocycles. The van der Waals surface area contributed by atoms with Crippen molar-refractivity contribution in [3.05, 3.63) is 71.8 Å². The van der Waals surface area contributed by atoms with E-state index in [0.29, 0.717) is 5.75 Å². The zero-order chi connectivity index (χ0) is 18.8. The number of rotatable bonds is 5. The van der Waals surface area contributed by atoms with Gasteiger partial charge in [-0.3, -0.25) is 25.8 Å². The molecule has 2 aromatic rings. The lowest BCUT2D eigenvalue weighted by Gasteiger charge is -2.10. The summed E-state index contributed by atoms with van der Waals surface area (Å²) in [6.07, 6.45) is 3.03. The van der Waals surface area contributed by atoms with E-state index in [2.05, 4.69) is 16.2 Å². The van der Waals surface area contributed by atoms with Gasteiger partial charge in [-0.25, -0.2) is 0 Å². The second kappa shape index (κ2) is 9.95. The number of para-hydroxylation sites is 1. The number of hydrazine groups is 1. The molecule has 26 heavy (non-hydrogen) atoms. The summed E-state index contributed by atoms with van der Waals surface area (Å²) in [4.78, 5) is 23.4. The van der Waals surface area contributed by atoms with E-state index in [1.807, 2.05) is 37.3 Å². The number of hydrogen-bond acceptors (Lipinski definition) is 4. The van der Waals surface area contributed by atoms with Gasteiger partial charge >= 0.3 is 0 Å². The van der Waals surface area contributed by atoms with Crippen molar-refractivity contribution in [2.24, 2.45) is 0 Å². The second-order valence-corrected chi connectivity index (χ2v) is 5.75. The molecule has 2 amide bonds. The third-order valence-corrected chi connectivity index (χ3v) is 3.37. The molecule has 7 heteroatoms. The summed E-state index contributed by atoms with van der Waals surface area (Å²) in [6, 6.07) is 16.7. The van der Waals surface area contributed by atoms with Gasteiger partial charge in [-0.05, 0) is 42.9 Å². The van der Waals surface area contributed by atoms with Crippen molar-refractivity contribution in [1.29, 1.82) is 0 Å². The third kappa shape index (κ3) is 7.14. The lowest BCUT2D eigenvalue weighted by atomic mass is 10.1. The van der Waals surface area contributed by atoms with Gasteiger partial charge in [-0.2, -0.15) is 0 Å². The van der Waals surface area contributed by atoms with Crippen molar-refractivity contribution < 1.29 is 14.3 Å². The van der Waals surface area contributed by atoms with Gasteiger partial charge < -0.3 is 4.74 Å². The number of aryl methyl sites for hydroxylation is 1. The highest BCUT2D eigenvalue weighted by molar-refractivity contribution is 7.80. The normalized spacial score (nSPS) is 10.2. The number of nitrogens with one attached hydrogen (secondary N) is 3. The minimum atomic E-state index is -0.430. The van der Waals surface area contributed by atoms with Crippen LogP contribution in [0.15, 0.2) is 60.7 Å². The predicted molar refractivity (Wildman–Crippen MR) is 104 cm³/mol. The van der Waals surface area contributed by atoms with Crippen LogP contribution in [-0.4, -0.2) is 23.5 Å². The number of ether oxygens (including phenoxy) is 1. The Morgan fingerprint density at radius 1 is 1.04 bits per heavy atom. The molecular weight excluding hydrogens is 350 g/mol. The Kier molecular flexibility index (Phi) is 7.32. The summed E-state index contributed by atoms with van der Waals surface area (Å²) in [7, 11) is 0. The van der Waals surface area contributed by atoms with E-state index in [9.17, 15) is 9.59 Å². The van der Waals surface area contributed by atoms with E-state index >= 15 is 0 Å². The second-order valence-electron chi connectivity index (χ2n) is 5.34. The molecule has 0 aliphatic carbocycles. The van der Waals surface area contributed by atoms with Crippen LogP contribution in [-0.2, 0) is 9.59 Å². The molecule has 3 N–H and O–H groups in total. The average Bonchev–Trinajstić information content (AvgIpc) is 2.65. The number of carbonyl (C=O) groups is 2. The molecule has 0 bridgehead atoms. The van der Waals surface area contributed by atoms with Crippen molar-refractivity contribution >= 4 is 35.2 Å². The highest BCUT2D eigenvalue weighted by Crippen LogP contribution is 2.07. The molecule has 0 aliphatic heterocycles. The topological polar surface area (TPSA) is 79.5 Å². The molecule has 2 rings (SSSR count).